The summed E-state index contributed by atoms with van der Waals surface area (Å²) in [5, 5.41) is 7.26. The Bertz CT molecular complexity index is 933. The number of aromatic nitrogens is 2. The van der Waals surface area contributed by atoms with E-state index in [1.807, 2.05) is 42.5 Å². The molecule has 0 radical (unpaired) electrons. The standard InChI is InChI=1S/C21H22BrN3O3/c1-27-17-11-15(12-18(13-17)28-2)7-8-21(26)24-20-9-10-23-25(20)14-16-5-3-4-6-19(16)22/h3-6,9-13H,7-8,14H2,1-2H3,(H,24,26). The van der Waals surface area contributed by atoms with Crippen LogP contribution in [0, 0.1) is 0 Å². The zero-order valence-electron chi connectivity index (χ0n) is 15.8. The number of hydrogen-bond donors (Lipinski definition) is 1. The lowest BCUT2D eigenvalue weighted by molar-refractivity contribution is -0.116. The lowest BCUT2D eigenvalue weighted by Crippen LogP contribution is -2.16. The average Bonchev–Trinajstić information content (AvgIpc) is 3.14. The van der Waals surface area contributed by atoms with Crippen molar-refractivity contribution < 1.29 is 14.3 Å². The highest BCUT2D eigenvalue weighted by Crippen LogP contribution is 2.23. The van der Waals surface area contributed by atoms with Crippen molar-refractivity contribution in [2.75, 3.05) is 19.5 Å². The highest BCUT2D eigenvalue weighted by atomic mass is 79.9. The molecule has 0 saturated heterocycles. The Morgan fingerprint density at radius 2 is 1.82 bits per heavy atom. The predicted octanol–water partition coefficient (Wildman–Crippen LogP) is 4.28. The zero-order chi connectivity index (χ0) is 19.9. The molecule has 1 amide bonds. The van der Waals surface area contributed by atoms with Gasteiger partial charge < -0.3 is 14.8 Å². The molecule has 0 aliphatic carbocycles. The Labute approximate surface area is 172 Å². The van der Waals surface area contributed by atoms with Gasteiger partial charge in [0.05, 0.1) is 27.0 Å². The summed E-state index contributed by atoms with van der Waals surface area (Å²) >= 11 is 3.54. The number of methoxy groups -OCH3 is 2. The molecule has 2 aromatic carbocycles. The Morgan fingerprint density at radius 1 is 1.11 bits per heavy atom. The molecule has 7 heteroatoms. The Balaban J connectivity index is 1.62. The fourth-order valence-electron chi connectivity index (χ4n) is 2.83. The van der Waals surface area contributed by atoms with Crippen LogP contribution in [0.5, 0.6) is 11.5 Å². The largest absolute Gasteiger partial charge is 0.497 e. The van der Waals surface area contributed by atoms with E-state index < -0.39 is 0 Å². The van der Waals surface area contributed by atoms with Crippen molar-refractivity contribution in [3.05, 3.63) is 70.3 Å². The van der Waals surface area contributed by atoms with Crippen LogP contribution >= 0.6 is 15.9 Å². The predicted molar refractivity (Wildman–Crippen MR) is 112 cm³/mol. The van der Waals surface area contributed by atoms with Crippen LogP contribution in [-0.2, 0) is 17.8 Å². The van der Waals surface area contributed by atoms with Gasteiger partial charge in [-0.05, 0) is 35.7 Å². The minimum absolute atomic E-state index is 0.0735. The second-order valence-electron chi connectivity index (χ2n) is 6.23. The molecule has 0 atom stereocenters. The number of carbonyl (C=O) groups excluding carboxylic acids is 1. The molecule has 0 bridgehead atoms. The summed E-state index contributed by atoms with van der Waals surface area (Å²) in [7, 11) is 3.22. The molecule has 1 aromatic heterocycles. The van der Waals surface area contributed by atoms with Crippen molar-refractivity contribution in [1.29, 1.82) is 0 Å². The molecule has 0 spiro atoms. The minimum Gasteiger partial charge on any atom is -0.497 e. The van der Waals surface area contributed by atoms with Gasteiger partial charge in [0.15, 0.2) is 0 Å². The molecule has 6 nitrogen and oxygen atoms in total. The highest BCUT2D eigenvalue weighted by Gasteiger charge is 2.10. The Morgan fingerprint density at radius 3 is 2.50 bits per heavy atom. The molecule has 3 aromatic rings. The van der Waals surface area contributed by atoms with Crippen LogP contribution in [0.15, 0.2) is 59.2 Å². The molecule has 1 N–H and O–H groups in total. The van der Waals surface area contributed by atoms with Crippen molar-refractivity contribution in [1.82, 2.24) is 9.78 Å². The summed E-state index contributed by atoms with van der Waals surface area (Å²) in [6, 6.07) is 15.4. The molecule has 0 fully saturated rings. The van der Waals surface area contributed by atoms with Gasteiger partial charge in [-0.25, -0.2) is 4.68 Å². The zero-order valence-corrected chi connectivity index (χ0v) is 17.4. The molecule has 0 unspecified atom stereocenters. The highest BCUT2D eigenvalue weighted by molar-refractivity contribution is 9.10. The quantitative estimate of drug-likeness (QED) is 0.563. The fraction of sp³-hybridized carbons (Fsp3) is 0.238. The van der Waals surface area contributed by atoms with E-state index in [4.69, 9.17) is 9.47 Å². The maximum Gasteiger partial charge on any atom is 0.225 e. The first-order valence-corrected chi connectivity index (χ1v) is 9.65. The number of aryl methyl sites for hydroxylation is 1. The smallest absolute Gasteiger partial charge is 0.225 e. The maximum absolute atomic E-state index is 12.4. The normalized spacial score (nSPS) is 10.5. The van der Waals surface area contributed by atoms with Gasteiger partial charge in [0.2, 0.25) is 5.91 Å². The number of benzene rings is 2. The van der Waals surface area contributed by atoms with Crippen molar-refractivity contribution in [2.24, 2.45) is 0 Å². The van der Waals surface area contributed by atoms with Crippen molar-refractivity contribution in [2.45, 2.75) is 19.4 Å². The summed E-state index contributed by atoms with van der Waals surface area (Å²) in [5.74, 6) is 2.02. The number of ether oxygens (including phenoxy) is 2. The van der Waals surface area contributed by atoms with Crippen LogP contribution in [0.1, 0.15) is 17.5 Å². The minimum atomic E-state index is -0.0735. The van der Waals surface area contributed by atoms with E-state index >= 15 is 0 Å². The summed E-state index contributed by atoms with van der Waals surface area (Å²) in [6.45, 7) is 0.567. The molecule has 1 heterocycles. The molecule has 3 rings (SSSR count). The number of halogens is 1. The van der Waals surface area contributed by atoms with Gasteiger partial charge in [-0.15, -0.1) is 0 Å². The van der Waals surface area contributed by atoms with Crippen LogP contribution in [0.25, 0.3) is 0 Å². The van der Waals surface area contributed by atoms with Gasteiger partial charge in [-0.1, -0.05) is 34.1 Å². The molecular formula is C21H22BrN3O3. The van der Waals surface area contributed by atoms with Crippen molar-refractivity contribution >= 4 is 27.7 Å². The van der Waals surface area contributed by atoms with Gasteiger partial charge in [-0.2, -0.15) is 5.10 Å². The maximum atomic E-state index is 12.4. The lowest BCUT2D eigenvalue weighted by atomic mass is 10.1. The monoisotopic (exact) mass is 443 g/mol. The first-order valence-electron chi connectivity index (χ1n) is 8.86. The number of carbonyl (C=O) groups is 1. The van der Waals surface area contributed by atoms with E-state index in [-0.39, 0.29) is 5.91 Å². The number of anilines is 1. The van der Waals surface area contributed by atoms with Crippen LogP contribution in [0.3, 0.4) is 0 Å². The van der Waals surface area contributed by atoms with Crippen LogP contribution in [0.4, 0.5) is 5.82 Å². The summed E-state index contributed by atoms with van der Waals surface area (Å²) in [5.41, 5.74) is 2.07. The number of rotatable bonds is 8. The third-order valence-electron chi connectivity index (χ3n) is 4.31. The van der Waals surface area contributed by atoms with Gasteiger partial charge in [0, 0.05) is 23.0 Å². The molecule has 0 aliphatic rings. The van der Waals surface area contributed by atoms with Gasteiger partial charge in [-0.3, -0.25) is 4.79 Å². The molecule has 0 saturated carbocycles. The first kappa shape index (κ1) is 19.9. The van der Waals surface area contributed by atoms with E-state index in [0.29, 0.717) is 36.7 Å². The van der Waals surface area contributed by atoms with Crippen LogP contribution in [-0.4, -0.2) is 29.9 Å². The van der Waals surface area contributed by atoms with E-state index in [2.05, 4.69) is 26.3 Å². The lowest BCUT2D eigenvalue weighted by Gasteiger charge is -2.11. The van der Waals surface area contributed by atoms with E-state index in [1.165, 1.54) is 0 Å². The SMILES string of the molecule is COc1cc(CCC(=O)Nc2ccnn2Cc2ccccc2Br)cc(OC)c1. The van der Waals surface area contributed by atoms with Gasteiger partial charge in [0.25, 0.3) is 0 Å². The third kappa shape index (κ3) is 5.13. The summed E-state index contributed by atoms with van der Waals surface area (Å²) in [4.78, 5) is 12.4. The first-order chi connectivity index (χ1) is 13.6. The van der Waals surface area contributed by atoms with E-state index in [1.54, 1.807) is 31.2 Å². The van der Waals surface area contributed by atoms with Crippen LogP contribution < -0.4 is 14.8 Å². The molecule has 0 aliphatic heterocycles. The second-order valence-corrected chi connectivity index (χ2v) is 7.09. The number of hydrogen-bond acceptors (Lipinski definition) is 4. The van der Waals surface area contributed by atoms with E-state index in [9.17, 15) is 4.79 Å². The third-order valence-corrected chi connectivity index (χ3v) is 5.09. The number of nitrogens with one attached hydrogen (secondary N) is 1. The second kappa shape index (κ2) is 9.41. The van der Waals surface area contributed by atoms with Crippen molar-refractivity contribution in [3.8, 4) is 11.5 Å². The summed E-state index contributed by atoms with van der Waals surface area (Å²) < 4.78 is 13.3. The topological polar surface area (TPSA) is 65.4 Å². The number of amides is 1. The Kier molecular flexibility index (Phi) is 6.71. The van der Waals surface area contributed by atoms with Crippen LogP contribution in [0.2, 0.25) is 0 Å². The molecule has 146 valence electrons. The molecular weight excluding hydrogens is 422 g/mol. The van der Waals surface area contributed by atoms with Crippen molar-refractivity contribution in [3.63, 3.8) is 0 Å². The average molecular weight is 444 g/mol. The van der Waals surface area contributed by atoms with Gasteiger partial charge >= 0.3 is 0 Å². The number of nitrogens with zero attached hydrogens (tertiary/aromatic N) is 2. The summed E-state index contributed by atoms with van der Waals surface area (Å²) in [6.07, 6.45) is 2.60. The van der Waals surface area contributed by atoms with Gasteiger partial charge in [0.1, 0.15) is 17.3 Å². The Hall–Kier alpha value is -2.80. The van der Waals surface area contributed by atoms with E-state index in [0.717, 1.165) is 15.6 Å². The molecule has 28 heavy (non-hydrogen) atoms. The fourth-order valence-corrected chi connectivity index (χ4v) is 3.24.